The van der Waals surface area contributed by atoms with Crippen LogP contribution in [-0.4, -0.2) is 48.3 Å². The Balaban J connectivity index is 2.65. The first-order chi connectivity index (χ1) is 9.65. The van der Waals surface area contributed by atoms with Crippen LogP contribution in [0.15, 0.2) is 0 Å². The highest BCUT2D eigenvalue weighted by Gasteiger charge is 2.45. The van der Waals surface area contributed by atoms with Crippen molar-refractivity contribution in [2.45, 2.75) is 65.3 Å². The average Bonchev–Trinajstić information content (AvgIpc) is 3.32. The number of hydrogen-bond donors (Lipinski definition) is 2. The highest BCUT2D eigenvalue weighted by molar-refractivity contribution is 5.02. The number of likely N-dealkylation sites (N-methyl/N-ethyl adjacent to an activating group) is 1. The third-order valence-electron chi connectivity index (χ3n) is 4.99. The van der Waals surface area contributed by atoms with Crippen LogP contribution in [0.1, 0.15) is 59.8 Å². The molecule has 3 nitrogen and oxygen atoms in total. The van der Waals surface area contributed by atoms with E-state index in [-0.39, 0.29) is 12.1 Å². The molecule has 0 heterocycles. The summed E-state index contributed by atoms with van der Waals surface area (Å²) < 4.78 is 0. The van der Waals surface area contributed by atoms with Crippen LogP contribution in [0.3, 0.4) is 0 Å². The second-order valence-electron chi connectivity index (χ2n) is 6.53. The van der Waals surface area contributed by atoms with Crippen LogP contribution >= 0.6 is 0 Å². The van der Waals surface area contributed by atoms with E-state index >= 15 is 0 Å². The fraction of sp³-hybridized carbons (Fsp3) is 1.00. The zero-order valence-electron chi connectivity index (χ0n) is 14.1. The minimum absolute atomic E-state index is 0.0575. The van der Waals surface area contributed by atoms with Gasteiger partial charge in [-0.1, -0.05) is 40.5 Å². The molecule has 1 atom stereocenters. The van der Waals surface area contributed by atoms with Crippen molar-refractivity contribution in [1.82, 2.24) is 10.2 Å². The predicted octanol–water partition coefficient (Wildman–Crippen LogP) is 2.89. The molecule has 0 radical (unpaired) electrons. The van der Waals surface area contributed by atoms with E-state index in [1.807, 2.05) is 0 Å². The minimum atomic E-state index is -0.0575. The molecule has 1 unspecified atom stereocenters. The Morgan fingerprint density at radius 1 is 1.20 bits per heavy atom. The molecule has 0 amide bonds. The average molecular weight is 284 g/mol. The van der Waals surface area contributed by atoms with Gasteiger partial charge in [0.15, 0.2) is 0 Å². The van der Waals surface area contributed by atoms with Crippen molar-refractivity contribution >= 4 is 0 Å². The van der Waals surface area contributed by atoms with Gasteiger partial charge in [0, 0.05) is 13.1 Å². The van der Waals surface area contributed by atoms with Gasteiger partial charge in [0.1, 0.15) is 0 Å². The summed E-state index contributed by atoms with van der Waals surface area (Å²) in [6.07, 6.45) is 6.20. The normalized spacial score (nSPS) is 18.8. The first kappa shape index (κ1) is 17.9. The highest BCUT2D eigenvalue weighted by atomic mass is 16.3. The lowest BCUT2D eigenvalue weighted by Crippen LogP contribution is -2.58. The fourth-order valence-electron chi connectivity index (χ4n) is 3.19. The topological polar surface area (TPSA) is 35.5 Å². The van der Waals surface area contributed by atoms with Gasteiger partial charge in [-0.05, 0) is 44.2 Å². The standard InChI is InChI=1S/C17H36N2O/c1-5-11-18-17(14-20,16-9-10-16)13-19(8-4)12-15(6-2)7-3/h15-16,18,20H,5-14H2,1-4H3. The van der Waals surface area contributed by atoms with Crippen molar-refractivity contribution < 1.29 is 5.11 Å². The van der Waals surface area contributed by atoms with Crippen molar-refractivity contribution in [1.29, 1.82) is 0 Å². The molecule has 1 aliphatic rings. The third kappa shape index (κ3) is 5.01. The summed E-state index contributed by atoms with van der Waals surface area (Å²) in [6.45, 7) is 13.6. The Hall–Kier alpha value is -0.120. The van der Waals surface area contributed by atoms with Crippen LogP contribution < -0.4 is 5.32 Å². The zero-order chi connectivity index (χ0) is 15.0. The molecule has 1 rings (SSSR count). The molecule has 0 bridgehead atoms. The maximum absolute atomic E-state index is 10.0. The van der Waals surface area contributed by atoms with Crippen LogP contribution in [0.4, 0.5) is 0 Å². The summed E-state index contributed by atoms with van der Waals surface area (Å²) >= 11 is 0. The molecule has 1 aliphatic carbocycles. The zero-order valence-corrected chi connectivity index (χ0v) is 14.1. The molecule has 0 spiro atoms. The first-order valence-electron chi connectivity index (χ1n) is 8.73. The van der Waals surface area contributed by atoms with Gasteiger partial charge in [0.2, 0.25) is 0 Å². The molecular weight excluding hydrogens is 248 g/mol. The van der Waals surface area contributed by atoms with Gasteiger partial charge < -0.3 is 15.3 Å². The number of aliphatic hydroxyl groups excluding tert-OH is 1. The predicted molar refractivity (Wildman–Crippen MR) is 87.0 cm³/mol. The summed E-state index contributed by atoms with van der Waals surface area (Å²) in [5, 5.41) is 13.7. The molecule has 0 saturated heterocycles. The fourth-order valence-corrected chi connectivity index (χ4v) is 3.19. The number of nitrogens with zero attached hydrogens (tertiary/aromatic N) is 1. The molecule has 0 aromatic rings. The first-order valence-corrected chi connectivity index (χ1v) is 8.73. The SMILES string of the molecule is CCCNC(CO)(CN(CC)CC(CC)CC)C1CC1. The Bertz CT molecular complexity index is 251. The van der Waals surface area contributed by atoms with Crippen molar-refractivity contribution in [3.63, 3.8) is 0 Å². The van der Waals surface area contributed by atoms with Crippen molar-refractivity contribution in [3.05, 3.63) is 0 Å². The van der Waals surface area contributed by atoms with Gasteiger partial charge in [-0.2, -0.15) is 0 Å². The van der Waals surface area contributed by atoms with E-state index < -0.39 is 0 Å². The minimum Gasteiger partial charge on any atom is -0.394 e. The van der Waals surface area contributed by atoms with E-state index in [4.69, 9.17) is 0 Å². The van der Waals surface area contributed by atoms with Gasteiger partial charge in [-0.3, -0.25) is 0 Å². The van der Waals surface area contributed by atoms with Gasteiger partial charge in [-0.25, -0.2) is 0 Å². The van der Waals surface area contributed by atoms with Gasteiger partial charge >= 0.3 is 0 Å². The molecule has 3 heteroatoms. The number of rotatable bonds is 12. The number of aliphatic hydroxyl groups is 1. The maximum atomic E-state index is 10.0. The molecule has 2 N–H and O–H groups in total. The van der Waals surface area contributed by atoms with Crippen LogP contribution in [-0.2, 0) is 0 Å². The monoisotopic (exact) mass is 284 g/mol. The quantitative estimate of drug-likeness (QED) is 0.578. The highest BCUT2D eigenvalue weighted by Crippen LogP contribution is 2.40. The van der Waals surface area contributed by atoms with E-state index in [2.05, 4.69) is 37.9 Å². The lowest BCUT2D eigenvalue weighted by atomic mass is 9.92. The molecule has 0 aliphatic heterocycles. The van der Waals surface area contributed by atoms with E-state index in [1.165, 1.54) is 32.2 Å². The Morgan fingerprint density at radius 2 is 1.85 bits per heavy atom. The maximum Gasteiger partial charge on any atom is 0.0628 e. The van der Waals surface area contributed by atoms with Gasteiger partial charge in [-0.15, -0.1) is 0 Å². The van der Waals surface area contributed by atoms with Crippen molar-refractivity contribution in [3.8, 4) is 0 Å². The molecule has 20 heavy (non-hydrogen) atoms. The summed E-state index contributed by atoms with van der Waals surface area (Å²) in [5.74, 6) is 1.46. The lowest BCUT2D eigenvalue weighted by molar-refractivity contribution is 0.0845. The van der Waals surface area contributed by atoms with Crippen LogP contribution in [0.25, 0.3) is 0 Å². The van der Waals surface area contributed by atoms with Crippen LogP contribution in [0.5, 0.6) is 0 Å². The molecule has 1 fully saturated rings. The third-order valence-corrected chi connectivity index (χ3v) is 4.99. The van der Waals surface area contributed by atoms with Gasteiger partial charge in [0.25, 0.3) is 0 Å². The Morgan fingerprint density at radius 3 is 2.25 bits per heavy atom. The second-order valence-corrected chi connectivity index (χ2v) is 6.53. The smallest absolute Gasteiger partial charge is 0.0628 e. The van der Waals surface area contributed by atoms with E-state index in [0.29, 0.717) is 5.92 Å². The van der Waals surface area contributed by atoms with Crippen LogP contribution in [0.2, 0.25) is 0 Å². The van der Waals surface area contributed by atoms with Crippen molar-refractivity contribution in [2.24, 2.45) is 11.8 Å². The summed E-state index contributed by atoms with van der Waals surface area (Å²) in [4.78, 5) is 2.55. The second kappa shape index (κ2) is 9.01. The van der Waals surface area contributed by atoms with E-state index in [0.717, 1.165) is 32.0 Å². The Labute approximate surface area is 126 Å². The summed E-state index contributed by atoms with van der Waals surface area (Å²) in [7, 11) is 0. The van der Waals surface area contributed by atoms with E-state index in [9.17, 15) is 5.11 Å². The molecule has 0 aromatic carbocycles. The van der Waals surface area contributed by atoms with E-state index in [1.54, 1.807) is 0 Å². The van der Waals surface area contributed by atoms with Gasteiger partial charge in [0.05, 0.1) is 12.1 Å². The molecule has 120 valence electrons. The number of hydrogen-bond acceptors (Lipinski definition) is 3. The van der Waals surface area contributed by atoms with Crippen molar-refractivity contribution in [2.75, 3.05) is 32.8 Å². The van der Waals surface area contributed by atoms with Crippen LogP contribution in [0, 0.1) is 11.8 Å². The molecule has 1 saturated carbocycles. The summed E-state index contributed by atoms with van der Waals surface area (Å²) in [5.41, 5.74) is -0.0575. The molecular formula is C17H36N2O. The summed E-state index contributed by atoms with van der Waals surface area (Å²) in [6, 6.07) is 0. The lowest BCUT2D eigenvalue weighted by Gasteiger charge is -2.39. The number of nitrogens with one attached hydrogen (secondary N) is 1. The molecule has 0 aromatic heterocycles. The largest absolute Gasteiger partial charge is 0.394 e. The Kier molecular flexibility index (Phi) is 8.08.